The molecule has 1 aromatic heterocycles. The van der Waals surface area contributed by atoms with Gasteiger partial charge in [0.1, 0.15) is 11.4 Å². The van der Waals surface area contributed by atoms with Crippen LogP contribution in [0.25, 0.3) is 0 Å². The number of nitrogens with one attached hydrogen (secondary N) is 2. The van der Waals surface area contributed by atoms with Crippen molar-refractivity contribution in [2.24, 2.45) is 0 Å². The summed E-state index contributed by atoms with van der Waals surface area (Å²) in [6.45, 7) is 5.36. The van der Waals surface area contributed by atoms with E-state index in [9.17, 15) is 4.79 Å². The van der Waals surface area contributed by atoms with E-state index in [1.54, 1.807) is 7.11 Å². The van der Waals surface area contributed by atoms with Crippen molar-refractivity contribution >= 4 is 11.6 Å². The summed E-state index contributed by atoms with van der Waals surface area (Å²) in [5.41, 5.74) is 3.22. The van der Waals surface area contributed by atoms with Gasteiger partial charge in [0.25, 0.3) is 5.56 Å². The highest BCUT2D eigenvalue weighted by molar-refractivity contribution is 5.53. The number of aromatic nitrogens is 3. The van der Waals surface area contributed by atoms with E-state index in [0.29, 0.717) is 18.1 Å². The molecule has 2 heterocycles. The van der Waals surface area contributed by atoms with Crippen molar-refractivity contribution in [2.45, 2.75) is 13.0 Å². The molecule has 1 aliphatic rings. The van der Waals surface area contributed by atoms with E-state index in [1.807, 2.05) is 36.4 Å². The van der Waals surface area contributed by atoms with Crippen LogP contribution in [-0.2, 0) is 13.0 Å². The minimum absolute atomic E-state index is 0.250. The largest absolute Gasteiger partial charge is 0.497 e. The lowest BCUT2D eigenvalue weighted by Gasteiger charge is -2.32. The van der Waals surface area contributed by atoms with Crippen molar-refractivity contribution in [3.8, 4) is 5.75 Å². The van der Waals surface area contributed by atoms with Gasteiger partial charge < -0.3 is 15.0 Å². The molecule has 0 atom stereocenters. The Morgan fingerprint density at radius 3 is 2.29 bits per heavy atom. The van der Waals surface area contributed by atoms with Gasteiger partial charge in [-0.1, -0.05) is 24.3 Å². The van der Waals surface area contributed by atoms with Crippen molar-refractivity contribution in [1.29, 1.82) is 0 Å². The number of likely N-dealkylation sites (N-methyl/N-ethyl adjacent to an activating group) is 1. The zero-order chi connectivity index (χ0) is 21.6. The fraction of sp³-hybridized carbons (Fsp3) is 0.348. The lowest BCUT2D eigenvalue weighted by Crippen LogP contribution is -2.43. The van der Waals surface area contributed by atoms with E-state index in [1.165, 1.54) is 5.56 Å². The molecule has 2 N–H and O–H groups in total. The zero-order valence-electron chi connectivity index (χ0n) is 18.0. The number of piperazine rings is 1. The maximum atomic E-state index is 12.4. The molecule has 8 nitrogen and oxygen atoms in total. The molecule has 0 unspecified atom stereocenters. The lowest BCUT2D eigenvalue weighted by molar-refractivity contribution is 0.148. The second kappa shape index (κ2) is 9.72. The Hall–Kier alpha value is -3.23. The Morgan fingerprint density at radius 1 is 0.968 bits per heavy atom. The average Bonchev–Trinajstić information content (AvgIpc) is 2.79. The molecular formula is C23H28N6O2. The van der Waals surface area contributed by atoms with E-state index >= 15 is 0 Å². The molecule has 0 radical (unpaired) electrons. The summed E-state index contributed by atoms with van der Waals surface area (Å²) in [6.07, 6.45) is 0.410. The van der Waals surface area contributed by atoms with Gasteiger partial charge in [0.05, 0.1) is 7.11 Å². The number of rotatable bonds is 7. The van der Waals surface area contributed by atoms with Crippen LogP contribution in [0.15, 0.2) is 53.3 Å². The molecular weight excluding hydrogens is 392 g/mol. The first-order valence-corrected chi connectivity index (χ1v) is 10.4. The third kappa shape index (κ3) is 5.68. The molecule has 1 saturated heterocycles. The van der Waals surface area contributed by atoms with Crippen molar-refractivity contribution < 1.29 is 4.74 Å². The minimum Gasteiger partial charge on any atom is -0.497 e. The Labute approximate surface area is 181 Å². The Bertz CT molecular complexity index is 1040. The summed E-state index contributed by atoms with van der Waals surface area (Å²) in [6, 6.07) is 15.7. The molecule has 31 heavy (non-hydrogen) atoms. The quantitative estimate of drug-likeness (QED) is 0.606. The van der Waals surface area contributed by atoms with Gasteiger partial charge in [-0.25, -0.2) is 0 Å². The molecule has 1 fully saturated rings. The van der Waals surface area contributed by atoms with Crippen LogP contribution in [-0.4, -0.2) is 65.3 Å². The van der Waals surface area contributed by atoms with Gasteiger partial charge in [-0.2, -0.15) is 0 Å². The summed E-state index contributed by atoms with van der Waals surface area (Å²) < 4.78 is 5.16. The van der Waals surface area contributed by atoms with Crippen LogP contribution in [0.2, 0.25) is 0 Å². The van der Waals surface area contributed by atoms with Crippen LogP contribution in [0, 0.1) is 0 Å². The van der Waals surface area contributed by atoms with Gasteiger partial charge in [-0.05, 0) is 42.4 Å². The van der Waals surface area contributed by atoms with Crippen molar-refractivity contribution in [2.75, 3.05) is 45.7 Å². The van der Waals surface area contributed by atoms with Gasteiger partial charge in [0, 0.05) is 44.8 Å². The first-order chi connectivity index (χ1) is 15.1. The predicted octanol–water partition coefficient (Wildman–Crippen LogP) is 2.26. The van der Waals surface area contributed by atoms with Crippen LogP contribution >= 0.6 is 0 Å². The Morgan fingerprint density at radius 2 is 1.65 bits per heavy atom. The number of anilines is 2. The fourth-order valence-corrected chi connectivity index (χ4v) is 3.56. The highest BCUT2D eigenvalue weighted by Crippen LogP contribution is 2.16. The topological polar surface area (TPSA) is 86.4 Å². The second-order valence-electron chi connectivity index (χ2n) is 7.88. The number of benzene rings is 2. The molecule has 1 aliphatic heterocycles. The van der Waals surface area contributed by atoms with E-state index in [4.69, 9.17) is 4.74 Å². The summed E-state index contributed by atoms with van der Waals surface area (Å²) in [4.78, 5) is 20.0. The molecule has 0 bridgehead atoms. The third-order valence-electron chi connectivity index (χ3n) is 5.51. The highest BCUT2D eigenvalue weighted by atomic mass is 16.5. The Kier molecular flexibility index (Phi) is 6.59. The first-order valence-electron chi connectivity index (χ1n) is 10.4. The van der Waals surface area contributed by atoms with Crippen LogP contribution in [0.5, 0.6) is 5.75 Å². The molecule has 4 rings (SSSR count). The third-order valence-corrected chi connectivity index (χ3v) is 5.51. The smallest absolute Gasteiger partial charge is 0.274 e. The number of nitrogens with zero attached hydrogens (tertiary/aromatic N) is 4. The highest BCUT2D eigenvalue weighted by Gasteiger charge is 2.13. The maximum Gasteiger partial charge on any atom is 0.274 e. The lowest BCUT2D eigenvalue weighted by atomic mass is 10.1. The fourth-order valence-electron chi connectivity index (χ4n) is 3.56. The van der Waals surface area contributed by atoms with Crippen LogP contribution in [0.3, 0.4) is 0 Å². The number of hydrogen-bond donors (Lipinski definition) is 2. The summed E-state index contributed by atoms with van der Waals surface area (Å²) >= 11 is 0. The molecule has 0 spiro atoms. The van der Waals surface area contributed by atoms with Gasteiger partial charge in [-0.15, -0.1) is 10.2 Å². The van der Waals surface area contributed by atoms with Crippen molar-refractivity contribution in [3.05, 3.63) is 75.7 Å². The van der Waals surface area contributed by atoms with Gasteiger partial charge in [0.2, 0.25) is 5.95 Å². The number of aromatic amines is 1. The van der Waals surface area contributed by atoms with E-state index < -0.39 is 0 Å². The molecule has 0 saturated carbocycles. The van der Waals surface area contributed by atoms with Gasteiger partial charge >= 0.3 is 0 Å². The molecule has 8 heteroatoms. The van der Waals surface area contributed by atoms with Crippen LogP contribution < -0.4 is 15.6 Å². The average molecular weight is 421 g/mol. The maximum absolute atomic E-state index is 12.4. The van der Waals surface area contributed by atoms with E-state index in [2.05, 4.69) is 49.5 Å². The van der Waals surface area contributed by atoms with Crippen LogP contribution in [0.4, 0.5) is 11.6 Å². The molecule has 0 amide bonds. The Balaban J connectivity index is 1.35. The zero-order valence-corrected chi connectivity index (χ0v) is 18.0. The van der Waals surface area contributed by atoms with Crippen molar-refractivity contribution in [3.63, 3.8) is 0 Å². The normalized spacial score (nSPS) is 15.0. The summed E-state index contributed by atoms with van der Waals surface area (Å²) in [5.74, 6) is 1.10. The second-order valence-corrected chi connectivity index (χ2v) is 7.88. The van der Waals surface area contributed by atoms with E-state index in [-0.39, 0.29) is 5.56 Å². The molecule has 3 aromatic rings. The molecule has 2 aromatic carbocycles. The number of hydrogen-bond acceptors (Lipinski definition) is 7. The number of ether oxygens (including phenoxy) is 1. The summed E-state index contributed by atoms with van der Waals surface area (Å²) in [7, 11) is 3.79. The van der Waals surface area contributed by atoms with Crippen LogP contribution in [0.1, 0.15) is 16.8 Å². The first kappa shape index (κ1) is 21.0. The number of methoxy groups -OCH3 is 1. The van der Waals surface area contributed by atoms with Gasteiger partial charge in [-0.3, -0.25) is 14.7 Å². The minimum atomic E-state index is -0.250. The predicted molar refractivity (Wildman–Crippen MR) is 121 cm³/mol. The van der Waals surface area contributed by atoms with Gasteiger partial charge in [0.15, 0.2) is 0 Å². The van der Waals surface area contributed by atoms with E-state index in [0.717, 1.165) is 49.7 Å². The summed E-state index contributed by atoms with van der Waals surface area (Å²) in [5, 5.41) is 11.4. The molecule has 0 aliphatic carbocycles. The SMILES string of the molecule is COc1ccc(Cc2nnc(Nc3ccc(CN4CCN(C)CC4)cc3)[nH]c2=O)cc1. The molecule has 162 valence electrons. The monoisotopic (exact) mass is 420 g/mol. The number of H-pyrrole nitrogens is 1. The van der Waals surface area contributed by atoms with Crippen molar-refractivity contribution in [1.82, 2.24) is 25.0 Å². The standard InChI is InChI=1S/C23H28N6O2/c1-28-11-13-29(14-12-28)16-18-3-7-19(8-4-18)24-23-25-22(30)21(26-27-23)15-17-5-9-20(31-2)10-6-17/h3-10H,11-16H2,1-2H3,(H2,24,25,27,30).